The van der Waals surface area contributed by atoms with Gasteiger partial charge in [-0.15, -0.1) is 0 Å². The Morgan fingerprint density at radius 1 is 1.16 bits per heavy atom. The van der Waals surface area contributed by atoms with Crippen molar-refractivity contribution in [3.05, 3.63) is 80.6 Å². The predicted octanol–water partition coefficient (Wildman–Crippen LogP) is 8.02. The highest BCUT2D eigenvalue weighted by molar-refractivity contribution is 6.48. The molecular formula is C27H29Cl3F4N2O2. The van der Waals surface area contributed by atoms with Gasteiger partial charge >= 0.3 is 6.18 Å². The molecule has 2 N–H and O–H groups in total. The molecule has 0 radical (unpaired) electrons. The fourth-order valence-electron chi connectivity index (χ4n) is 3.48. The van der Waals surface area contributed by atoms with E-state index in [4.69, 9.17) is 34.8 Å². The van der Waals surface area contributed by atoms with Crippen molar-refractivity contribution in [3.63, 3.8) is 0 Å². The van der Waals surface area contributed by atoms with E-state index in [1.54, 1.807) is 6.92 Å². The van der Waals surface area contributed by atoms with Gasteiger partial charge in [-0.1, -0.05) is 79.4 Å². The highest BCUT2D eigenvalue weighted by Gasteiger charge is 2.40. The number of allylic oxidation sites excluding steroid dienone is 6. The lowest BCUT2D eigenvalue weighted by Crippen LogP contribution is -2.45. The van der Waals surface area contributed by atoms with Gasteiger partial charge in [0.05, 0.1) is 15.1 Å². The Morgan fingerprint density at radius 2 is 1.76 bits per heavy atom. The van der Waals surface area contributed by atoms with E-state index in [1.807, 2.05) is 0 Å². The first-order valence-corrected chi connectivity index (χ1v) is 13.1. The number of nitrogens with one attached hydrogen (secondary N) is 2. The summed E-state index contributed by atoms with van der Waals surface area (Å²) in [7, 11) is 0. The first-order valence-electron chi connectivity index (χ1n) is 12.0. The Balaban J connectivity index is 2.21. The summed E-state index contributed by atoms with van der Waals surface area (Å²) in [6.45, 7) is 7.20. The molecule has 0 bridgehead atoms. The Kier molecular flexibility index (Phi) is 11.9. The molecule has 2 atom stereocenters. The molecule has 1 aromatic carbocycles. The van der Waals surface area contributed by atoms with Gasteiger partial charge in [-0.2, -0.15) is 13.2 Å². The molecule has 2 amide bonds. The van der Waals surface area contributed by atoms with Gasteiger partial charge in [-0.3, -0.25) is 9.59 Å². The largest absolute Gasteiger partial charge is 0.399 e. The van der Waals surface area contributed by atoms with Crippen molar-refractivity contribution in [3.8, 4) is 0 Å². The van der Waals surface area contributed by atoms with Gasteiger partial charge in [0.15, 0.2) is 0 Å². The molecule has 2 rings (SSSR count). The summed E-state index contributed by atoms with van der Waals surface area (Å²) < 4.78 is 56.4. The molecule has 11 heteroatoms. The molecule has 38 heavy (non-hydrogen) atoms. The molecule has 1 unspecified atom stereocenters. The van der Waals surface area contributed by atoms with Gasteiger partial charge in [-0.25, -0.2) is 4.39 Å². The Morgan fingerprint density at radius 3 is 2.26 bits per heavy atom. The summed E-state index contributed by atoms with van der Waals surface area (Å²) in [5.74, 6) is -3.83. The van der Waals surface area contributed by atoms with Crippen molar-refractivity contribution < 1.29 is 27.2 Å². The van der Waals surface area contributed by atoms with Crippen LogP contribution in [0, 0.1) is 5.92 Å². The zero-order valence-corrected chi connectivity index (χ0v) is 23.2. The number of rotatable bonds is 12. The SMILES string of the molecule is C=CC(=C\C=C(/CC)C(=O)N[C@H](C)C(=O)NCCC1CC1)/C(F)=C/C(c1cc(Cl)c(Cl)c(Cl)c1)C(F)(F)F. The van der Waals surface area contributed by atoms with Crippen LogP contribution in [0.5, 0.6) is 0 Å². The molecule has 0 spiro atoms. The first-order chi connectivity index (χ1) is 17.8. The van der Waals surface area contributed by atoms with Crippen molar-refractivity contribution >= 4 is 46.6 Å². The van der Waals surface area contributed by atoms with Crippen LogP contribution in [0.1, 0.15) is 51.0 Å². The second-order valence-corrected chi connectivity index (χ2v) is 10.1. The molecule has 208 valence electrons. The fourth-order valence-corrected chi connectivity index (χ4v) is 4.09. The molecule has 1 aliphatic carbocycles. The van der Waals surface area contributed by atoms with Crippen LogP contribution in [0.25, 0.3) is 0 Å². The number of alkyl halides is 3. The normalized spacial score (nSPS) is 16.6. The highest BCUT2D eigenvalue weighted by Crippen LogP contribution is 2.41. The molecule has 0 aromatic heterocycles. The van der Waals surface area contributed by atoms with E-state index in [0.717, 1.165) is 30.7 Å². The number of amides is 2. The topological polar surface area (TPSA) is 58.2 Å². The van der Waals surface area contributed by atoms with E-state index in [2.05, 4.69) is 17.2 Å². The number of halogens is 7. The van der Waals surface area contributed by atoms with Crippen molar-refractivity contribution in [2.24, 2.45) is 5.92 Å². The summed E-state index contributed by atoms with van der Waals surface area (Å²) in [5.41, 5.74) is -0.488. The fraction of sp³-hybridized carbons (Fsp3) is 0.407. The van der Waals surface area contributed by atoms with Crippen molar-refractivity contribution in [2.75, 3.05) is 6.54 Å². The third kappa shape index (κ3) is 9.47. The monoisotopic (exact) mass is 594 g/mol. The van der Waals surface area contributed by atoms with Gasteiger partial charge in [-0.05, 0) is 49.5 Å². The summed E-state index contributed by atoms with van der Waals surface area (Å²) >= 11 is 17.6. The van der Waals surface area contributed by atoms with Crippen LogP contribution in [0.4, 0.5) is 17.6 Å². The molecule has 1 aromatic rings. The lowest BCUT2D eigenvalue weighted by molar-refractivity contribution is -0.139. The van der Waals surface area contributed by atoms with Crippen molar-refractivity contribution in [2.45, 2.75) is 57.7 Å². The summed E-state index contributed by atoms with van der Waals surface area (Å²) in [4.78, 5) is 24.8. The Bertz CT molecular complexity index is 1120. The molecule has 0 heterocycles. The summed E-state index contributed by atoms with van der Waals surface area (Å²) in [6, 6.07) is 1.14. The molecule has 1 fully saturated rings. The van der Waals surface area contributed by atoms with Gasteiger partial charge in [0.2, 0.25) is 11.8 Å². The third-order valence-corrected chi connectivity index (χ3v) is 7.15. The summed E-state index contributed by atoms with van der Waals surface area (Å²) in [5, 5.41) is 4.82. The molecule has 1 saturated carbocycles. The number of hydrogen-bond donors (Lipinski definition) is 2. The van der Waals surface area contributed by atoms with E-state index >= 15 is 4.39 Å². The number of carbonyl (C=O) groups is 2. The lowest BCUT2D eigenvalue weighted by Gasteiger charge is -2.19. The second-order valence-electron chi connectivity index (χ2n) is 8.92. The Hall–Kier alpha value is -2.29. The van der Waals surface area contributed by atoms with E-state index in [0.29, 0.717) is 18.5 Å². The zero-order chi connectivity index (χ0) is 28.6. The average Bonchev–Trinajstić information content (AvgIpc) is 3.66. The smallest absolute Gasteiger partial charge is 0.354 e. The van der Waals surface area contributed by atoms with E-state index in [-0.39, 0.29) is 38.5 Å². The third-order valence-electron chi connectivity index (χ3n) is 5.95. The van der Waals surface area contributed by atoms with Gasteiger partial charge in [0.25, 0.3) is 0 Å². The van der Waals surface area contributed by atoms with Crippen molar-refractivity contribution in [1.29, 1.82) is 0 Å². The van der Waals surface area contributed by atoms with Crippen molar-refractivity contribution in [1.82, 2.24) is 10.6 Å². The zero-order valence-electron chi connectivity index (χ0n) is 20.9. The first kappa shape index (κ1) is 31.9. The minimum atomic E-state index is -4.87. The van der Waals surface area contributed by atoms with Crippen LogP contribution in [0.2, 0.25) is 15.1 Å². The van der Waals surface area contributed by atoms with Gasteiger partial charge in [0, 0.05) is 17.7 Å². The van der Waals surface area contributed by atoms with Crippen LogP contribution >= 0.6 is 34.8 Å². The quantitative estimate of drug-likeness (QED) is 0.111. The minimum absolute atomic E-state index is 0.116. The maximum atomic E-state index is 15.0. The highest BCUT2D eigenvalue weighted by atomic mass is 35.5. The van der Waals surface area contributed by atoms with Crippen LogP contribution in [0.3, 0.4) is 0 Å². The standard InChI is InChI=1S/C27H29Cl3F4N2O2/c1-4-17(23(31)14-20(27(32,33)34)19-12-21(28)24(30)22(29)13-19)8-9-18(5-2)26(38)36-15(3)25(37)35-11-10-16-6-7-16/h4,8-9,12-16,20H,1,5-7,10-11H2,2-3H3,(H,35,37)(H,36,38)/b17-8+,18-9+,23-14-/t15-,20?/m1/s1. The molecule has 0 saturated heterocycles. The maximum absolute atomic E-state index is 15.0. The summed E-state index contributed by atoms with van der Waals surface area (Å²) in [6.07, 6.45) is 2.41. The molecule has 4 nitrogen and oxygen atoms in total. The lowest BCUT2D eigenvalue weighted by atomic mass is 9.96. The van der Waals surface area contributed by atoms with Crippen LogP contribution in [-0.2, 0) is 9.59 Å². The van der Waals surface area contributed by atoms with Crippen LogP contribution in [0.15, 0.2) is 60.0 Å². The predicted molar refractivity (Wildman–Crippen MR) is 144 cm³/mol. The minimum Gasteiger partial charge on any atom is -0.354 e. The second kappa shape index (κ2) is 14.2. The van der Waals surface area contributed by atoms with E-state index < -0.39 is 35.4 Å². The number of benzene rings is 1. The molecule has 0 aliphatic heterocycles. The van der Waals surface area contributed by atoms with Gasteiger partial charge in [0.1, 0.15) is 17.8 Å². The number of carbonyl (C=O) groups excluding carboxylic acids is 2. The van der Waals surface area contributed by atoms with E-state index in [9.17, 15) is 22.8 Å². The van der Waals surface area contributed by atoms with Crippen LogP contribution < -0.4 is 10.6 Å². The average molecular weight is 596 g/mol. The Labute approximate surface area is 234 Å². The molecule has 1 aliphatic rings. The van der Waals surface area contributed by atoms with E-state index in [1.165, 1.54) is 25.8 Å². The van der Waals surface area contributed by atoms with Gasteiger partial charge < -0.3 is 10.6 Å². The number of hydrogen-bond acceptors (Lipinski definition) is 2. The van der Waals surface area contributed by atoms with Crippen LogP contribution in [-0.4, -0.2) is 30.6 Å². The molecular weight excluding hydrogens is 567 g/mol. The maximum Gasteiger partial charge on any atom is 0.399 e.